The average molecular weight is 266 g/mol. The van der Waals surface area contributed by atoms with E-state index in [-0.39, 0.29) is 11.2 Å². The highest BCUT2D eigenvalue weighted by atomic mass is 32.1. The Balaban J connectivity index is 2.55. The van der Waals surface area contributed by atoms with Crippen LogP contribution in [0.25, 0.3) is 10.2 Å². The molecular formula is C12H14N2O3S. The number of aromatic amines is 1. The lowest BCUT2D eigenvalue weighted by Gasteiger charge is -2.15. The Hall–Kier alpha value is -1.69. The van der Waals surface area contributed by atoms with Crippen LogP contribution in [0.2, 0.25) is 0 Å². The van der Waals surface area contributed by atoms with Gasteiger partial charge in [-0.1, -0.05) is 20.8 Å². The molecule has 96 valence electrons. The van der Waals surface area contributed by atoms with Crippen LogP contribution in [0.4, 0.5) is 0 Å². The third-order valence-corrected chi connectivity index (χ3v) is 3.39. The van der Waals surface area contributed by atoms with Gasteiger partial charge >= 0.3 is 5.97 Å². The number of carbonyl (C=O) groups is 1. The molecule has 0 aromatic carbocycles. The van der Waals surface area contributed by atoms with Gasteiger partial charge in [0.25, 0.3) is 5.56 Å². The third-order valence-electron chi connectivity index (χ3n) is 2.36. The van der Waals surface area contributed by atoms with Crippen LogP contribution in [-0.4, -0.2) is 21.0 Å². The number of hydrogen-bond donors (Lipinski definition) is 2. The molecule has 0 amide bonds. The van der Waals surface area contributed by atoms with Crippen molar-refractivity contribution in [3.05, 3.63) is 27.1 Å². The highest BCUT2D eigenvalue weighted by molar-refractivity contribution is 7.18. The zero-order chi connectivity index (χ0) is 13.5. The minimum absolute atomic E-state index is 0.114. The maximum absolute atomic E-state index is 11.7. The second-order valence-electron chi connectivity index (χ2n) is 5.39. The van der Waals surface area contributed by atoms with Gasteiger partial charge in [0, 0.05) is 4.88 Å². The number of H-pyrrole nitrogens is 1. The van der Waals surface area contributed by atoms with Crippen molar-refractivity contribution in [3.8, 4) is 0 Å². The van der Waals surface area contributed by atoms with Crippen molar-refractivity contribution in [2.45, 2.75) is 27.2 Å². The summed E-state index contributed by atoms with van der Waals surface area (Å²) in [6.45, 7) is 6.33. The van der Waals surface area contributed by atoms with Gasteiger partial charge in [-0.05, 0) is 17.9 Å². The Bertz CT molecular complexity index is 664. The fourth-order valence-corrected chi connectivity index (χ4v) is 3.02. The predicted molar refractivity (Wildman–Crippen MR) is 70.4 cm³/mol. The molecule has 2 N–H and O–H groups in total. The summed E-state index contributed by atoms with van der Waals surface area (Å²) in [5.74, 6) is -1.53. The van der Waals surface area contributed by atoms with E-state index >= 15 is 0 Å². The number of aromatic carboxylic acids is 1. The van der Waals surface area contributed by atoms with Crippen molar-refractivity contribution in [2.24, 2.45) is 5.41 Å². The fourth-order valence-electron chi connectivity index (χ4n) is 1.69. The van der Waals surface area contributed by atoms with Crippen molar-refractivity contribution in [2.75, 3.05) is 0 Å². The van der Waals surface area contributed by atoms with Crippen LogP contribution in [0, 0.1) is 5.41 Å². The molecule has 5 nitrogen and oxygen atoms in total. The maximum Gasteiger partial charge on any atom is 0.372 e. The molecule has 2 heterocycles. The second kappa shape index (κ2) is 4.20. The Labute approximate surface area is 107 Å². The minimum atomic E-state index is -1.22. The van der Waals surface area contributed by atoms with E-state index in [2.05, 4.69) is 30.7 Å². The number of aromatic nitrogens is 2. The predicted octanol–water partition coefficient (Wildman–Crippen LogP) is 2.27. The van der Waals surface area contributed by atoms with Crippen molar-refractivity contribution in [3.63, 3.8) is 0 Å². The largest absolute Gasteiger partial charge is 0.475 e. The van der Waals surface area contributed by atoms with Crippen LogP contribution >= 0.6 is 11.3 Å². The van der Waals surface area contributed by atoms with Crippen molar-refractivity contribution in [1.82, 2.24) is 9.97 Å². The first-order valence-corrected chi connectivity index (χ1v) is 6.34. The summed E-state index contributed by atoms with van der Waals surface area (Å²) in [5, 5.41) is 9.30. The molecule has 0 fully saturated rings. The summed E-state index contributed by atoms with van der Waals surface area (Å²) in [7, 11) is 0. The molecule has 0 radical (unpaired) electrons. The van der Waals surface area contributed by atoms with Gasteiger partial charge in [0.05, 0.1) is 5.39 Å². The number of carboxylic acids is 1. The highest BCUT2D eigenvalue weighted by Crippen LogP contribution is 2.28. The van der Waals surface area contributed by atoms with Crippen LogP contribution in [-0.2, 0) is 6.42 Å². The van der Waals surface area contributed by atoms with Crippen molar-refractivity contribution >= 4 is 27.5 Å². The Morgan fingerprint density at radius 3 is 2.72 bits per heavy atom. The number of fused-ring (bicyclic) bond motifs is 1. The van der Waals surface area contributed by atoms with E-state index in [9.17, 15) is 9.59 Å². The lowest BCUT2D eigenvalue weighted by Crippen LogP contribution is -2.14. The molecule has 0 aliphatic rings. The molecule has 0 bridgehead atoms. The number of carboxylic acid groups (broad SMARTS) is 1. The maximum atomic E-state index is 11.7. The summed E-state index contributed by atoms with van der Waals surface area (Å²) >= 11 is 1.38. The van der Waals surface area contributed by atoms with Gasteiger partial charge in [-0.25, -0.2) is 9.78 Å². The quantitative estimate of drug-likeness (QED) is 0.873. The highest BCUT2D eigenvalue weighted by Gasteiger charge is 2.16. The number of hydrogen-bond acceptors (Lipinski definition) is 4. The molecule has 2 rings (SSSR count). The third kappa shape index (κ3) is 2.59. The molecule has 2 aromatic heterocycles. The van der Waals surface area contributed by atoms with E-state index in [4.69, 9.17) is 5.11 Å². The monoisotopic (exact) mass is 266 g/mol. The summed E-state index contributed by atoms with van der Waals surface area (Å²) in [6, 6.07) is 1.79. The molecule has 0 saturated carbocycles. The Kier molecular flexibility index (Phi) is 2.98. The van der Waals surface area contributed by atoms with Crippen LogP contribution in [0.5, 0.6) is 0 Å². The SMILES string of the molecule is CC(C)(C)Cc1cc2c(=O)[nH]c(C(=O)O)nc2s1. The van der Waals surface area contributed by atoms with Crippen LogP contribution in [0.15, 0.2) is 10.9 Å². The van der Waals surface area contributed by atoms with Crippen LogP contribution in [0.3, 0.4) is 0 Å². The van der Waals surface area contributed by atoms with E-state index in [1.807, 2.05) is 0 Å². The molecular weight excluding hydrogens is 252 g/mol. The molecule has 6 heteroatoms. The van der Waals surface area contributed by atoms with Gasteiger partial charge in [-0.2, -0.15) is 0 Å². The average Bonchev–Trinajstić information content (AvgIpc) is 2.57. The van der Waals surface area contributed by atoms with Gasteiger partial charge < -0.3 is 10.1 Å². The Morgan fingerprint density at radius 1 is 1.50 bits per heavy atom. The molecule has 18 heavy (non-hydrogen) atoms. The first kappa shape index (κ1) is 12.8. The number of thiophene rings is 1. The van der Waals surface area contributed by atoms with E-state index in [1.54, 1.807) is 6.07 Å². The Morgan fingerprint density at radius 2 is 2.17 bits per heavy atom. The van der Waals surface area contributed by atoms with Crippen LogP contribution < -0.4 is 5.56 Å². The lowest BCUT2D eigenvalue weighted by atomic mass is 9.91. The molecule has 2 aromatic rings. The van der Waals surface area contributed by atoms with E-state index in [1.165, 1.54) is 11.3 Å². The first-order valence-electron chi connectivity index (χ1n) is 5.52. The van der Waals surface area contributed by atoms with Crippen molar-refractivity contribution in [1.29, 1.82) is 0 Å². The molecule has 0 spiro atoms. The minimum Gasteiger partial charge on any atom is -0.475 e. The van der Waals surface area contributed by atoms with E-state index in [0.29, 0.717) is 10.2 Å². The van der Waals surface area contributed by atoms with Gasteiger partial charge in [-0.15, -0.1) is 11.3 Å². The zero-order valence-corrected chi connectivity index (χ0v) is 11.2. The fraction of sp³-hybridized carbons (Fsp3) is 0.417. The number of nitrogens with zero attached hydrogens (tertiary/aromatic N) is 1. The van der Waals surface area contributed by atoms with Gasteiger partial charge in [0.2, 0.25) is 5.82 Å². The molecule has 0 saturated heterocycles. The summed E-state index contributed by atoms with van der Waals surface area (Å²) < 4.78 is 0. The lowest BCUT2D eigenvalue weighted by molar-refractivity contribution is 0.0683. The topological polar surface area (TPSA) is 83.0 Å². The number of rotatable bonds is 2. The van der Waals surface area contributed by atoms with E-state index < -0.39 is 11.5 Å². The molecule has 0 atom stereocenters. The normalized spacial score (nSPS) is 11.9. The summed E-state index contributed by atoms with van der Waals surface area (Å²) in [4.78, 5) is 30.3. The summed E-state index contributed by atoms with van der Waals surface area (Å²) in [5.41, 5.74) is -0.280. The van der Waals surface area contributed by atoms with E-state index in [0.717, 1.165) is 11.3 Å². The second-order valence-corrected chi connectivity index (χ2v) is 6.50. The molecule has 0 aliphatic heterocycles. The zero-order valence-electron chi connectivity index (χ0n) is 10.4. The van der Waals surface area contributed by atoms with Gasteiger partial charge in [-0.3, -0.25) is 4.79 Å². The first-order chi connectivity index (χ1) is 8.26. The number of nitrogens with one attached hydrogen (secondary N) is 1. The van der Waals surface area contributed by atoms with Crippen molar-refractivity contribution < 1.29 is 9.90 Å². The standard InChI is InChI=1S/C12H14N2O3S/c1-12(2,3)5-6-4-7-9(15)13-8(11(16)17)14-10(7)18-6/h4H,5H2,1-3H3,(H,16,17)(H,13,14,15). The van der Waals surface area contributed by atoms with Gasteiger partial charge in [0.1, 0.15) is 4.83 Å². The summed E-state index contributed by atoms with van der Waals surface area (Å²) in [6.07, 6.45) is 0.829. The molecule has 0 unspecified atom stereocenters. The van der Waals surface area contributed by atoms with Gasteiger partial charge in [0.15, 0.2) is 0 Å². The smallest absolute Gasteiger partial charge is 0.372 e. The van der Waals surface area contributed by atoms with Crippen LogP contribution in [0.1, 0.15) is 36.3 Å². The molecule has 0 aliphatic carbocycles.